The number of nitrogens with zero attached hydrogens (tertiary/aromatic N) is 1. The van der Waals surface area contributed by atoms with E-state index in [1.807, 2.05) is 6.07 Å². The molecule has 1 aliphatic heterocycles. The molecule has 76 valence electrons. The standard InChI is InChI=1S/C11H14BrNO/c1-13-6-5-8-9(7-13)10(12)3-4-11(8)14-2/h3-4H,5-7H2,1-2H3. The molecule has 0 radical (unpaired) electrons. The Morgan fingerprint density at radius 3 is 2.86 bits per heavy atom. The molecule has 0 amide bonds. The molecule has 1 heterocycles. The number of hydrogen-bond donors (Lipinski definition) is 0. The van der Waals surface area contributed by atoms with E-state index in [2.05, 4.69) is 33.9 Å². The molecule has 1 aliphatic rings. The predicted octanol–water partition coefficient (Wildman–Crippen LogP) is 2.45. The molecule has 0 spiro atoms. The lowest BCUT2D eigenvalue weighted by atomic mass is 9.99. The number of likely N-dealkylation sites (N-methyl/N-ethyl adjacent to an activating group) is 1. The number of methoxy groups -OCH3 is 1. The number of benzene rings is 1. The van der Waals surface area contributed by atoms with Gasteiger partial charge in [0.25, 0.3) is 0 Å². The summed E-state index contributed by atoms with van der Waals surface area (Å²) in [4.78, 5) is 2.33. The van der Waals surface area contributed by atoms with Gasteiger partial charge in [-0.1, -0.05) is 15.9 Å². The van der Waals surface area contributed by atoms with Gasteiger partial charge in [-0.15, -0.1) is 0 Å². The fourth-order valence-corrected chi connectivity index (χ4v) is 2.43. The molecular formula is C11H14BrNO. The predicted molar refractivity (Wildman–Crippen MR) is 60.7 cm³/mol. The second-order valence-electron chi connectivity index (χ2n) is 3.69. The van der Waals surface area contributed by atoms with Crippen LogP contribution in [-0.4, -0.2) is 25.6 Å². The lowest BCUT2D eigenvalue weighted by Crippen LogP contribution is -2.27. The zero-order chi connectivity index (χ0) is 10.1. The molecule has 0 saturated heterocycles. The van der Waals surface area contributed by atoms with Crippen LogP contribution in [0.15, 0.2) is 16.6 Å². The molecule has 1 aromatic carbocycles. The highest BCUT2D eigenvalue weighted by atomic mass is 79.9. The monoisotopic (exact) mass is 255 g/mol. The molecule has 0 aromatic heterocycles. The van der Waals surface area contributed by atoms with E-state index in [9.17, 15) is 0 Å². The molecule has 3 heteroatoms. The molecule has 2 nitrogen and oxygen atoms in total. The third-order valence-corrected chi connectivity index (χ3v) is 3.47. The number of ether oxygens (including phenoxy) is 1. The van der Waals surface area contributed by atoms with Gasteiger partial charge in [0.2, 0.25) is 0 Å². The average molecular weight is 256 g/mol. The van der Waals surface area contributed by atoms with Crippen LogP contribution in [0.4, 0.5) is 0 Å². The first kappa shape index (κ1) is 9.99. The topological polar surface area (TPSA) is 12.5 Å². The summed E-state index contributed by atoms with van der Waals surface area (Å²) < 4.78 is 6.56. The molecule has 0 saturated carbocycles. The molecule has 0 N–H and O–H groups in total. The fraction of sp³-hybridized carbons (Fsp3) is 0.455. The Hall–Kier alpha value is -0.540. The first-order valence-corrected chi connectivity index (χ1v) is 5.54. The molecule has 1 aromatic rings. The smallest absolute Gasteiger partial charge is 0.122 e. The van der Waals surface area contributed by atoms with Crippen LogP contribution in [0.3, 0.4) is 0 Å². The van der Waals surface area contributed by atoms with Crippen molar-refractivity contribution in [3.63, 3.8) is 0 Å². The number of hydrogen-bond acceptors (Lipinski definition) is 2. The molecule has 0 atom stereocenters. The van der Waals surface area contributed by atoms with Crippen LogP contribution in [-0.2, 0) is 13.0 Å². The van der Waals surface area contributed by atoms with E-state index in [-0.39, 0.29) is 0 Å². The summed E-state index contributed by atoms with van der Waals surface area (Å²) in [6.45, 7) is 2.12. The van der Waals surface area contributed by atoms with E-state index in [1.54, 1.807) is 7.11 Å². The van der Waals surface area contributed by atoms with Crippen molar-refractivity contribution in [2.45, 2.75) is 13.0 Å². The third kappa shape index (κ3) is 1.66. The SMILES string of the molecule is COc1ccc(Br)c2c1CCN(C)C2. The van der Waals surface area contributed by atoms with Crippen molar-refractivity contribution in [2.75, 3.05) is 20.7 Å². The van der Waals surface area contributed by atoms with Crippen molar-refractivity contribution in [1.82, 2.24) is 4.90 Å². The van der Waals surface area contributed by atoms with E-state index in [1.165, 1.54) is 15.6 Å². The summed E-state index contributed by atoms with van der Waals surface area (Å²) in [5.41, 5.74) is 2.73. The van der Waals surface area contributed by atoms with Crippen LogP contribution in [0, 0.1) is 0 Å². The van der Waals surface area contributed by atoms with E-state index in [4.69, 9.17) is 4.74 Å². The summed E-state index contributed by atoms with van der Waals surface area (Å²) >= 11 is 3.59. The van der Waals surface area contributed by atoms with Crippen molar-refractivity contribution < 1.29 is 4.74 Å². The Bertz CT molecular complexity index is 351. The van der Waals surface area contributed by atoms with E-state index in [0.717, 1.165) is 25.3 Å². The Morgan fingerprint density at radius 2 is 2.14 bits per heavy atom. The molecule has 2 rings (SSSR count). The second-order valence-corrected chi connectivity index (χ2v) is 4.55. The molecule has 0 bridgehead atoms. The van der Waals surface area contributed by atoms with Crippen molar-refractivity contribution >= 4 is 15.9 Å². The minimum absolute atomic E-state index is 1.01. The summed E-state index contributed by atoms with van der Waals surface area (Å²) in [6.07, 6.45) is 1.08. The zero-order valence-corrected chi connectivity index (χ0v) is 10.1. The summed E-state index contributed by atoms with van der Waals surface area (Å²) in [6, 6.07) is 4.10. The third-order valence-electron chi connectivity index (χ3n) is 2.72. The van der Waals surface area contributed by atoms with E-state index < -0.39 is 0 Å². The van der Waals surface area contributed by atoms with Crippen LogP contribution in [0.2, 0.25) is 0 Å². The van der Waals surface area contributed by atoms with Crippen molar-refractivity contribution in [3.05, 3.63) is 27.7 Å². The van der Waals surface area contributed by atoms with Crippen LogP contribution >= 0.6 is 15.9 Å². The van der Waals surface area contributed by atoms with Gasteiger partial charge in [0.15, 0.2) is 0 Å². The lowest BCUT2D eigenvalue weighted by Gasteiger charge is -2.27. The van der Waals surface area contributed by atoms with Gasteiger partial charge in [-0.25, -0.2) is 0 Å². The van der Waals surface area contributed by atoms with E-state index in [0.29, 0.717) is 0 Å². The van der Waals surface area contributed by atoms with Gasteiger partial charge in [-0.05, 0) is 31.2 Å². The summed E-state index contributed by atoms with van der Waals surface area (Å²) in [5, 5.41) is 0. The fourth-order valence-electron chi connectivity index (χ4n) is 1.93. The second kappa shape index (κ2) is 3.91. The molecule has 14 heavy (non-hydrogen) atoms. The maximum absolute atomic E-state index is 5.36. The highest BCUT2D eigenvalue weighted by Crippen LogP contribution is 2.32. The maximum Gasteiger partial charge on any atom is 0.122 e. The van der Waals surface area contributed by atoms with Gasteiger partial charge < -0.3 is 9.64 Å². The van der Waals surface area contributed by atoms with Crippen LogP contribution in [0.25, 0.3) is 0 Å². The number of halogens is 1. The van der Waals surface area contributed by atoms with Gasteiger partial charge in [-0.2, -0.15) is 0 Å². The van der Waals surface area contributed by atoms with Gasteiger partial charge in [0.1, 0.15) is 5.75 Å². The first-order chi connectivity index (χ1) is 6.72. The zero-order valence-electron chi connectivity index (χ0n) is 8.51. The van der Waals surface area contributed by atoms with Crippen LogP contribution in [0.1, 0.15) is 11.1 Å². The molecular weight excluding hydrogens is 242 g/mol. The van der Waals surface area contributed by atoms with Crippen LogP contribution in [0.5, 0.6) is 5.75 Å². The van der Waals surface area contributed by atoms with Gasteiger partial charge in [0, 0.05) is 23.1 Å². The first-order valence-electron chi connectivity index (χ1n) is 4.75. The Morgan fingerprint density at radius 1 is 1.36 bits per heavy atom. The average Bonchev–Trinajstić information content (AvgIpc) is 2.19. The molecule has 0 fully saturated rings. The largest absolute Gasteiger partial charge is 0.496 e. The quantitative estimate of drug-likeness (QED) is 0.765. The number of rotatable bonds is 1. The van der Waals surface area contributed by atoms with Crippen LogP contribution < -0.4 is 4.74 Å². The van der Waals surface area contributed by atoms with Gasteiger partial charge in [0.05, 0.1) is 7.11 Å². The Labute approximate surface area is 93.0 Å². The van der Waals surface area contributed by atoms with Gasteiger partial charge in [-0.3, -0.25) is 0 Å². The highest BCUT2D eigenvalue weighted by molar-refractivity contribution is 9.10. The van der Waals surface area contributed by atoms with Crippen molar-refractivity contribution in [1.29, 1.82) is 0 Å². The van der Waals surface area contributed by atoms with Crippen molar-refractivity contribution in [3.8, 4) is 5.75 Å². The summed E-state index contributed by atoms with van der Waals surface area (Å²) in [5.74, 6) is 1.02. The van der Waals surface area contributed by atoms with E-state index >= 15 is 0 Å². The minimum Gasteiger partial charge on any atom is -0.496 e. The molecule has 0 unspecified atom stereocenters. The summed E-state index contributed by atoms with van der Waals surface area (Å²) in [7, 11) is 3.89. The Kier molecular flexibility index (Phi) is 2.79. The van der Waals surface area contributed by atoms with Gasteiger partial charge >= 0.3 is 0 Å². The normalized spacial score (nSPS) is 16.5. The number of fused-ring (bicyclic) bond motifs is 1. The Balaban J connectivity index is 2.49. The van der Waals surface area contributed by atoms with Crippen molar-refractivity contribution in [2.24, 2.45) is 0 Å². The molecule has 0 aliphatic carbocycles. The highest BCUT2D eigenvalue weighted by Gasteiger charge is 2.18. The maximum atomic E-state index is 5.36. The minimum atomic E-state index is 1.01. The lowest BCUT2D eigenvalue weighted by molar-refractivity contribution is 0.305.